The third-order valence-corrected chi connectivity index (χ3v) is 2.13. The van der Waals surface area contributed by atoms with Gasteiger partial charge < -0.3 is 4.74 Å². The van der Waals surface area contributed by atoms with Crippen LogP contribution >= 0.6 is 0 Å². The largest absolute Gasteiger partial charge is 0.465 e. The summed E-state index contributed by atoms with van der Waals surface area (Å²) in [5.74, 6) is -0.498. The van der Waals surface area contributed by atoms with E-state index in [1.165, 1.54) is 13.2 Å². The van der Waals surface area contributed by atoms with Crippen molar-refractivity contribution in [2.24, 2.45) is 7.05 Å². The second-order valence-electron chi connectivity index (χ2n) is 3.39. The first-order valence-corrected chi connectivity index (χ1v) is 4.90. The SMILES string of the molecule is CCOC(=O)Cn1cc(C)c(=O)n(C)c1=O. The number of hydrogen-bond donors (Lipinski definition) is 0. The van der Waals surface area contributed by atoms with Gasteiger partial charge in [0.1, 0.15) is 6.54 Å². The molecule has 0 aliphatic heterocycles. The Morgan fingerprint density at radius 3 is 2.62 bits per heavy atom. The van der Waals surface area contributed by atoms with Crippen LogP contribution < -0.4 is 11.2 Å². The molecule has 0 radical (unpaired) electrons. The molecule has 1 rings (SSSR count). The van der Waals surface area contributed by atoms with Crippen molar-refractivity contribution in [1.29, 1.82) is 0 Å². The van der Waals surface area contributed by atoms with E-state index in [9.17, 15) is 14.4 Å². The van der Waals surface area contributed by atoms with E-state index in [4.69, 9.17) is 4.74 Å². The molecule has 0 aromatic carbocycles. The summed E-state index contributed by atoms with van der Waals surface area (Å²) in [5.41, 5.74) is -0.472. The molecule has 88 valence electrons. The van der Waals surface area contributed by atoms with Crippen molar-refractivity contribution in [3.05, 3.63) is 32.6 Å². The van der Waals surface area contributed by atoms with Crippen LogP contribution in [0.25, 0.3) is 0 Å². The first kappa shape index (κ1) is 12.2. The molecule has 0 aliphatic rings. The van der Waals surface area contributed by atoms with Crippen LogP contribution in [0.4, 0.5) is 0 Å². The molecule has 1 aromatic heterocycles. The van der Waals surface area contributed by atoms with Gasteiger partial charge in [-0.2, -0.15) is 0 Å². The number of nitrogens with zero attached hydrogens (tertiary/aromatic N) is 2. The highest BCUT2D eigenvalue weighted by Gasteiger charge is 2.09. The van der Waals surface area contributed by atoms with Gasteiger partial charge in [-0.1, -0.05) is 0 Å². The molecular weight excluding hydrogens is 212 g/mol. The minimum atomic E-state index is -0.524. The molecule has 0 unspecified atom stereocenters. The molecule has 6 nitrogen and oxygen atoms in total. The Balaban J connectivity index is 3.12. The van der Waals surface area contributed by atoms with Gasteiger partial charge in [0.25, 0.3) is 5.56 Å². The highest BCUT2D eigenvalue weighted by atomic mass is 16.5. The second kappa shape index (κ2) is 4.78. The average Bonchev–Trinajstić information content (AvgIpc) is 2.23. The Bertz CT molecular complexity index is 513. The maximum absolute atomic E-state index is 11.6. The number of aromatic nitrogens is 2. The minimum absolute atomic E-state index is 0.179. The number of aryl methyl sites for hydroxylation is 1. The van der Waals surface area contributed by atoms with Gasteiger partial charge >= 0.3 is 11.7 Å². The number of carbonyl (C=O) groups is 1. The fourth-order valence-corrected chi connectivity index (χ4v) is 1.35. The smallest absolute Gasteiger partial charge is 0.331 e. The average molecular weight is 226 g/mol. The highest BCUT2D eigenvalue weighted by molar-refractivity contribution is 5.69. The zero-order valence-electron chi connectivity index (χ0n) is 9.52. The molecule has 0 aliphatic carbocycles. The second-order valence-corrected chi connectivity index (χ2v) is 3.39. The van der Waals surface area contributed by atoms with E-state index in [0.717, 1.165) is 9.13 Å². The summed E-state index contributed by atoms with van der Waals surface area (Å²) in [6.45, 7) is 3.36. The quantitative estimate of drug-likeness (QED) is 0.646. The molecule has 0 spiro atoms. The molecule has 0 saturated heterocycles. The van der Waals surface area contributed by atoms with E-state index in [1.807, 2.05) is 0 Å². The summed E-state index contributed by atoms with van der Waals surface area (Å²) in [7, 11) is 1.37. The maximum atomic E-state index is 11.6. The van der Waals surface area contributed by atoms with E-state index in [2.05, 4.69) is 0 Å². The van der Waals surface area contributed by atoms with E-state index < -0.39 is 11.7 Å². The molecule has 1 aromatic rings. The number of esters is 1. The van der Waals surface area contributed by atoms with E-state index in [-0.39, 0.29) is 18.7 Å². The molecule has 0 fully saturated rings. The Hall–Kier alpha value is -1.85. The fraction of sp³-hybridized carbons (Fsp3) is 0.500. The Morgan fingerprint density at radius 2 is 2.06 bits per heavy atom. The van der Waals surface area contributed by atoms with Gasteiger partial charge in [-0.15, -0.1) is 0 Å². The molecule has 0 N–H and O–H groups in total. The number of rotatable bonds is 3. The van der Waals surface area contributed by atoms with Crippen molar-refractivity contribution in [2.45, 2.75) is 20.4 Å². The number of ether oxygens (including phenoxy) is 1. The zero-order chi connectivity index (χ0) is 12.3. The number of carbonyl (C=O) groups excluding carboxylic acids is 1. The Labute approximate surface area is 92.1 Å². The molecule has 0 saturated carbocycles. The van der Waals surface area contributed by atoms with Crippen molar-refractivity contribution in [1.82, 2.24) is 9.13 Å². The van der Waals surface area contributed by atoms with Crippen LogP contribution in [0, 0.1) is 6.92 Å². The molecule has 6 heteroatoms. The summed E-state index contributed by atoms with van der Waals surface area (Å²) < 4.78 is 6.85. The Morgan fingerprint density at radius 1 is 1.44 bits per heavy atom. The third kappa shape index (κ3) is 2.39. The van der Waals surface area contributed by atoms with E-state index >= 15 is 0 Å². The van der Waals surface area contributed by atoms with Gasteiger partial charge in [-0.3, -0.25) is 18.7 Å². The van der Waals surface area contributed by atoms with E-state index in [1.54, 1.807) is 13.8 Å². The van der Waals surface area contributed by atoms with Crippen molar-refractivity contribution in [3.63, 3.8) is 0 Å². The lowest BCUT2D eigenvalue weighted by molar-refractivity contribution is -0.143. The normalized spacial score (nSPS) is 10.2. The van der Waals surface area contributed by atoms with Crippen LogP contribution in [0.2, 0.25) is 0 Å². The van der Waals surface area contributed by atoms with Crippen LogP contribution in [0.3, 0.4) is 0 Å². The summed E-state index contributed by atoms with van der Waals surface area (Å²) >= 11 is 0. The van der Waals surface area contributed by atoms with Gasteiger partial charge in [0, 0.05) is 18.8 Å². The van der Waals surface area contributed by atoms with Gasteiger partial charge in [0.15, 0.2) is 0 Å². The molecule has 0 bridgehead atoms. The van der Waals surface area contributed by atoms with Crippen LogP contribution in [-0.4, -0.2) is 21.7 Å². The van der Waals surface area contributed by atoms with Crippen molar-refractivity contribution < 1.29 is 9.53 Å². The topological polar surface area (TPSA) is 70.3 Å². The summed E-state index contributed by atoms with van der Waals surface area (Å²) in [4.78, 5) is 34.2. The first-order valence-electron chi connectivity index (χ1n) is 4.90. The minimum Gasteiger partial charge on any atom is -0.465 e. The van der Waals surface area contributed by atoms with Crippen molar-refractivity contribution >= 4 is 5.97 Å². The van der Waals surface area contributed by atoms with Crippen LogP contribution in [0.15, 0.2) is 15.8 Å². The molecule has 16 heavy (non-hydrogen) atoms. The predicted octanol–water partition coefficient (Wildman–Crippen LogP) is -0.581. The standard InChI is InChI=1S/C10H14N2O4/c1-4-16-8(13)6-12-5-7(2)9(14)11(3)10(12)15/h5H,4,6H2,1-3H3. The van der Waals surface area contributed by atoms with Gasteiger partial charge in [-0.25, -0.2) is 4.79 Å². The molecular formula is C10H14N2O4. The van der Waals surface area contributed by atoms with Gasteiger partial charge in [0.05, 0.1) is 6.61 Å². The van der Waals surface area contributed by atoms with Crippen LogP contribution in [0.1, 0.15) is 12.5 Å². The summed E-state index contributed by atoms with van der Waals surface area (Å²) in [6.07, 6.45) is 1.36. The van der Waals surface area contributed by atoms with Crippen LogP contribution in [-0.2, 0) is 23.1 Å². The zero-order valence-corrected chi connectivity index (χ0v) is 9.52. The molecule has 0 atom stereocenters. The lowest BCUT2D eigenvalue weighted by atomic mass is 10.4. The number of hydrogen-bond acceptors (Lipinski definition) is 4. The monoisotopic (exact) mass is 226 g/mol. The maximum Gasteiger partial charge on any atom is 0.331 e. The van der Waals surface area contributed by atoms with Crippen molar-refractivity contribution in [3.8, 4) is 0 Å². The summed E-state index contributed by atoms with van der Waals surface area (Å²) in [6, 6.07) is 0. The first-order chi connectivity index (χ1) is 7.47. The fourth-order valence-electron chi connectivity index (χ4n) is 1.35. The Kier molecular flexibility index (Phi) is 3.65. The lowest BCUT2D eigenvalue weighted by Crippen LogP contribution is -2.40. The van der Waals surface area contributed by atoms with Gasteiger partial charge in [0.2, 0.25) is 0 Å². The van der Waals surface area contributed by atoms with E-state index in [0.29, 0.717) is 5.56 Å². The highest BCUT2D eigenvalue weighted by Crippen LogP contribution is 1.88. The van der Waals surface area contributed by atoms with Crippen LogP contribution in [0.5, 0.6) is 0 Å². The molecule has 0 amide bonds. The summed E-state index contributed by atoms with van der Waals surface area (Å²) in [5, 5.41) is 0. The third-order valence-electron chi connectivity index (χ3n) is 2.13. The lowest BCUT2D eigenvalue weighted by Gasteiger charge is -2.07. The van der Waals surface area contributed by atoms with Crippen molar-refractivity contribution in [2.75, 3.05) is 6.61 Å². The van der Waals surface area contributed by atoms with Gasteiger partial charge in [-0.05, 0) is 13.8 Å². The molecule has 1 heterocycles. The predicted molar refractivity (Wildman–Crippen MR) is 57.3 cm³/mol.